The molecule has 0 amide bonds. The number of rotatable bonds is 2. The van der Waals surface area contributed by atoms with Crippen LogP contribution in [0.4, 0.5) is 0 Å². The maximum Gasteiger partial charge on any atom is 0.303 e. The molecule has 1 atom stereocenters. The first-order valence-corrected chi connectivity index (χ1v) is 7.18. The van der Waals surface area contributed by atoms with Crippen LogP contribution in [-0.2, 0) is 4.79 Å². The quantitative estimate of drug-likeness (QED) is 0.881. The summed E-state index contributed by atoms with van der Waals surface area (Å²) in [6.07, 6.45) is 6.87. The number of fused-ring (bicyclic) bond motifs is 1. The van der Waals surface area contributed by atoms with E-state index >= 15 is 0 Å². The molecule has 2 aliphatic rings. The largest absolute Gasteiger partial charge is 0.487 e. The Balaban J connectivity index is 1.93. The zero-order valence-corrected chi connectivity index (χ0v) is 11.1. The third kappa shape index (κ3) is 2.46. The van der Waals surface area contributed by atoms with E-state index in [4.69, 9.17) is 9.84 Å². The van der Waals surface area contributed by atoms with Crippen LogP contribution in [0.25, 0.3) is 0 Å². The topological polar surface area (TPSA) is 46.5 Å². The molecule has 1 saturated carbocycles. The molecule has 1 aromatic rings. The number of hydrogen-bond acceptors (Lipinski definition) is 2. The molecule has 1 aliphatic heterocycles. The van der Waals surface area contributed by atoms with Gasteiger partial charge in [0.25, 0.3) is 0 Å². The Bertz CT molecular complexity index is 475. The van der Waals surface area contributed by atoms with Gasteiger partial charge in [0.2, 0.25) is 0 Å². The minimum absolute atomic E-state index is 0.0977. The Morgan fingerprint density at radius 3 is 2.74 bits per heavy atom. The Kier molecular flexibility index (Phi) is 3.21. The SMILES string of the molecule is O=C(O)CC1CC2(CCCCC2)Oc2ccccc21. The lowest BCUT2D eigenvalue weighted by molar-refractivity contribution is -0.138. The Hall–Kier alpha value is -1.51. The lowest BCUT2D eigenvalue weighted by atomic mass is 9.74. The van der Waals surface area contributed by atoms with Gasteiger partial charge in [-0.05, 0) is 43.7 Å². The van der Waals surface area contributed by atoms with Gasteiger partial charge < -0.3 is 9.84 Å². The van der Waals surface area contributed by atoms with Gasteiger partial charge in [-0.3, -0.25) is 4.79 Å². The van der Waals surface area contributed by atoms with Crippen molar-refractivity contribution < 1.29 is 14.6 Å². The van der Waals surface area contributed by atoms with Crippen molar-refractivity contribution >= 4 is 5.97 Å². The van der Waals surface area contributed by atoms with Crippen LogP contribution in [0.2, 0.25) is 0 Å². The third-order valence-corrected chi connectivity index (χ3v) is 4.49. The highest BCUT2D eigenvalue weighted by Gasteiger charge is 2.42. The van der Waals surface area contributed by atoms with E-state index in [2.05, 4.69) is 0 Å². The van der Waals surface area contributed by atoms with Crippen molar-refractivity contribution in [1.82, 2.24) is 0 Å². The van der Waals surface area contributed by atoms with Crippen LogP contribution in [0, 0.1) is 0 Å². The van der Waals surface area contributed by atoms with E-state index in [1.807, 2.05) is 24.3 Å². The molecule has 19 heavy (non-hydrogen) atoms. The van der Waals surface area contributed by atoms with E-state index in [-0.39, 0.29) is 17.9 Å². The van der Waals surface area contributed by atoms with Crippen LogP contribution < -0.4 is 4.74 Å². The van der Waals surface area contributed by atoms with Crippen LogP contribution in [-0.4, -0.2) is 16.7 Å². The molecule has 1 aromatic carbocycles. The molecule has 1 unspecified atom stereocenters. The molecule has 1 fully saturated rings. The summed E-state index contributed by atoms with van der Waals surface area (Å²) in [5.41, 5.74) is 0.966. The van der Waals surface area contributed by atoms with Crippen LogP contribution in [0.3, 0.4) is 0 Å². The highest BCUT2D eigenvalue weighted by atomic mass is 16.5. The van der Waals surface area contributed by atoms with Crippen LogP contribution in [0.1, 0.15) is 56.4 Å². The van der Waals surface area contributed by atoms with Crippen LogP contribution >= 0.6 is 0 Å². The van der Waals surface area contributed by atoms with Crippen LogP contribution in [0.5, 0.6) is 5.75 Å². The zero-order valence-electron chi connectivity index (χ0n) is 11.1. The second-order valence-electron chi connectivity index (χ2n) is 5.88. The summed E-state index contributed by atoms with van der Waals surface area (Å²) in [5.74, 6) is 0.287. The maximum atomic E-state index is 11.1. The summed E-state index contributed by atoms with van der Waals surface area (Å²) >= 11 is 0. The van der Waals surface area contributed by atoms with Gasteiger partial charge in [-0.2, -0.15) is 0 Å². The van der Waals surface area contributed by atoms with E-state index in [1.165, 1.54) is 19.3 Å². The molecule has 102 valence electrons. The first-order chi connectivity index (χ1) is 9.19. The van der Waals surface area contributed by atoms with E-state index in [0.29, 0.717) is 0 Å². The predicted octanol–water partition coefficient (Wildman–Crippen LogP) is 3.73. The van der Waals surface area contributed by atoms with Crippen LogP contribution in [0.15, 0.2) is 24.3 Å². The molecule has 1 heterocycles. The van der Waals surface area contributed by atoms with Crippen molar-refractivity contribution in [3.8, 4) is 5.75 Å². The van der Waals surface area contributed by atoms with Crippen molar-refractivity contribution in [1.29, 1.82) is 0 Å². The molecule has 3 heteroatoms. The van der Waals surface area contributed by atoms with Gasteiger partial charge in [-0.25, -0.2) is 0 Å². The Morgan fingerprint density at radius 2 is 2.00 bits per heavy atom. The smallest absolute Gasteiger partial charge is 0.303 e. The fourth-order valence-electron chi connectivity index (χ4n) is 3.64. The summed E-state index contributed by atoms with van der Waals surface area (Å²) in [6, 6.07) is 7.94. The number of ether oxygens (including phenoxy) is 1. The lowest BCUT2D eigenvalue weighted by Gasteiger charge is -2.44. The van der Waals surface area contributed by atoms with Gasteiger partial charge in [-0.15, -0.1) is 0 Å². The van der Waals surface area contributed by atoms with Crippen molar-refractivity contribution in [3.05, 3.63) is 29.8 Å². The van der Waals surface area contributed by atoms with Gasteiger partial charge in [0, 0.05) is 5.92 Å². The highest BCUT2D eigenvalue weighted by molar-refractivity contribution is 5.68. The minimum atomic E-state index is -0.715. The molecule has 0 aromatic heterocycles. The normalized spacial score (nSPS) is 24.5. The fourth-order valence-corrected chi connectivity index (χ4v) is 3.64. The van der Waals surface area contributed by atoms with Crippen molar-refractivity contribution in [2.45, 2.75) is 56.5 Å². The molecule has 0 radical (unpaired) electrons. The average molecular weight is 260 g/mol. The number of aliphatic carboxylic acids is 1. The monoisotopic (exact) mass is 260 g/mol. The number of para-hydroxylation sites is 1. The minimum Gasteiger partial charge on any atom is -0.487 e. The molecular formula is C16H20O3. The maximum absolute atomic E-state index is 11.1. The molecule has 0 saturated heterocycles. The molecule has 0 bridgehead atoms. The van der Waals surface area contributed by atoms with Gasteiger partial charge in [0.15, 0.2) is 0 Å². The summed E-state index contributed by atoms with van der Waals surface area (Å²) < 4.78 is 6.28. The standard InChI is InChI=1S/C16H20O3/c17-15(18)10-12-11-16(8-4-1-5-9-16)19-14-7-3-2-6-13(12)14/h2-3,6-7,12H,1,4-5,8-11H2,(H,17,18). The molecule has 1 aliphatic carbocycles. The predicted molar refractivity (Wildman–Crippen MR) is 72.5 cm³/mol. The summed E-state index contributed by atoms with van der Waals surface area (Å²) in [6.45, 7) is 0. The number of benzene rings is 1. The van der Waals surface area contributed by atoms with Crippen molar-refractivity contribution in [2.24, 2.45) is 0 Å². The number of hydrogen-bond donors (Lipinski definition) is 1. The lowest BCUT2D eigenvalue weighted by Crippen LogP contribution is -2.43. The summed E-state index contributed by atoms with van der Waals surface area (Å²) in [5, 5.41) is 9.14. The first kappa shape index (κ1) is 12.5. The van der Waals surface area contributed by atoms with E-state index in [0.717, 1.165) is 30.6 Å². The fraction of sp³-hybridized carbons (Fsp3) is 0.562. The molecule has 1 spiro atoms. The van der Waals surface area contributed by atoms with Crippen molar-refractivity contribution in [3.63, 3.8) is 0 Å². The number of carbonyl (C=O) groups is 1. The molecule has 3 rings (SSSR count). The number of carboxylic acids is 1. The average Bonchev–Trinajstić information content (AvgIpc) is 2.39. The Morgan fingerprint density at radius 1 is 1.26 bits per heavy atom. The van der Waals surface area contributed by atoms with E-state index < -0.39 is 5.97 Å². The molecule has 3 nitrogen and oxygen atoms in total. The number of carboxylic acid groups (broad SMARTS) is 1. The van der Waals surface area contributed by atoms with E-state index in [9.17, 15) is 4.79 Å². The molecule has 1 N–H and O–H groups in total. The summed E-state index contributed by atoms with van der Waals surface area (Å²) in [4.78, 5) is 11.1. The van der Waals surface area contributed by atoms with Gasteiger partial charge in [0.1, 0.15) is 11.4 Å². The van der Waals surface area contributed by atoms with Gasteiger partial charge in [-0.1, -0.05) is 24.6 Å². The zero-order chi connectivity index (χ0) is 13.3. The molecular weight excluding hydrogens is 240 g/mol. The highest BCUT2D eigenvalue weighted by Crippen LogP contribution is 2.47. The third-order valence-electron chi connectivity index (χ3n) is 4.49. The van der Waals surface area contributed by atoms with Gasteiger partial charge >= 0.3 is 5.97 Å². The Labute approximate surface area is 113 Å². The second kappa shape index (κ2) is 4.87. The van der Waals surface area contributed by atoms with Crippen molar-refractivity contribution in [2.75, 3.05) is 0 Å². The van der Waals surface area contributed by atoms with Gasteiger partial charge in [0.05, 0.1) is 6.42 Å². The summed E-state index contributed by atoms with van der Waals surface area (Å²) in [7, 11) is 0. The first-order valence-electron chi connectivity index (χ1n) is 7.18. The van der Waals surface area contributed by atoms with E-state index in [1.54, 1.807) is 0 Å². The second-order valence-corrected chi connectivity index (χ2v) is 5.88.